The smallest absolute Gasteiger partial charge is 0.408 e. The van der Waals surface area contributed by atoms with Gasteiger partial charge >= 0.3 is 24.0 Å². The summed E-state index contributed by atoms with van der Waals surface area (Å²) < 4.78 is 19.4. The first-order chi connectivity index (χ1) is 18.2. The van der Waals surface area contributed by atoms with Gasteiger partial charge in [-0.2, -0.15) is 0 Å². The summed E-state index contributed by atoms with van der Waals surface area (Å²) in [7, 11) is 3.26. The minimum atomic E-state index is -1.52. The van der Waals surface area contributed by atoms with Crippen molar-refractivity contribution in [2.75, 3.05) is 21.3 Å². The molecule has 2 aromatic carbocycles. The van der Waals surface area contributed by atoms with Gasteiger partial charge in [0, 0.05) is 12.3 Å². The Labute approximate surface area is 220 Å². The average molecular weight is 529 g/mol. The topological polar surface area (TPSA) is 146 Å². The summed E-state index contributed by atoms with van der Waals surface area (Å²) in [4.78, 5) is 63.2. The Kier molecular flexibility index (Phi) is 11.8. The molecule has 2 amide bonds. The van der Waals surface area contributed by atoms with Crippen LogP contribution in [0.4, 0.5) is 4.79 Å². The van der Waals surface area contributed by atoms with Crippen molar-refractivity contribution in [2.24, 2.45) is 11.8 Å². The van der Waals surface area contributed by atoms with Gasteiger partial charge < -0.3 is 29.6 Å². The normalized spacial score (nSPS) is 12.9. The van der Waals surface area contributed by atoms with Crippen LogP contribution in [0.2, 0.25) is 0 Å². The van der Waals surface area contributed by atoms with Crippen molar-refractivity contribution in [1.82, 2.24) is 10.6 Å². The lowest BCUT2D eigenvalue weighted by Gasteiger charge is -2.28. The molecule has 0 radical (unpaired) electrons. The van der Waals surface area contributed by atoms with E-state index in [-0.39, 0.29) is 13.0 Å². The summed E-state index contributed by atoms with van der Waals surface area (Å²) in [6.45, 7) is 1.38. The molecule has 0 saturated carbocycles. The lowest BCUT2D eigenvalue weighted by Crippen LogP contribution is -2.56. The molecule has 2 rings (SSSR count). The molecule has 0 bridgehead atoms. The molecule has 0 aliphatic carbocycles. The predicted molar refractivity (Wildman–Crippen MR) is 134 cm³/mol. The molecule has 0 fully saturated rings. The third kappa shape index (κ3) is 8.61. The molecule has 38 heavy (non-hydrogen) atoms. The van der Waals surface area contributed by atoms with Crippen molar-refractivity contribution in [3.8, 4) is 0 Å². The zero-order valence-corrected chi connectivity index (χ0v) is 21.7. The van der Waals surface area contributed by atoms with Crippen molar-refractivity contribution >= 4 is 29.9 Å². The quantitative estimate of drug-likeness (QED) is 0.239. The Morgan fingerprint density at radius 3 is 1.71 bits per heavy atom. The second-order valence-corrected chi connectivity index (χ2v) is 8.34. The molecule has 0 heterocycles. The molecular weight excluding hydrogens is 496 g/mol. The Morgan fingerprint density at radius 1 is 0.711 bits per heavy atom. The van der Waals surface area contributed by atoms with E-state index in [0.29, 0.717) is 0 Å². The number of ether oxygens (including phenoxy) is 4. The summed E-state index contributed by atoms with van der Waals surface area (Å²) >= 11 is 0. The van der Waals surface area contributed by atoms with Gasteiger partial charge in [0.1, 0.15) is 18.7 Å². The zero-order chi connectivity index (χ0) is 28.1. The molecule has 0 saturated heterocycles. The van der Waals surface area contributed by atoms with Crippen LogP contribution in [-0.2, 0) is 51.2 Å². The molecule has 2 aromatic rings. The van der Waals surface area contributed by atoms with Crippen LogP contribution in [0.3, 0.4) is 0 Å². The molecule has 0 aliphatic rings. The van der Waals surface area contributed by atoms with E-state index in [0.717, 1.165) is 32.5 Å². The number of amides is 2. The lowest BCUT2D eigenvalue weighted by atomic mass is 9.87. The number of benzene rings is 2. The number of carbonyl (C=O) groups excluding carboxylic acids is 5. The number of methoxy groups -OCH3 is 3. The van der Waals surface area contributed by atoms with Gasteiger partial charge in [0.05, 0.1) is 21.3 Å². The van der Waals surface area contributed by atoms with Crippen LogP contribution in [-0.4, -0.2) is 63.3 Å². The molecule has 3 atom stereocenters. The highest BCUT2D eigenvalue weighted by atomic mass is 16.6. The number of carbonyl (C=O) groups is 5. The number of nitrogens with one attached hydrogen (secondary N) is 2. The highest BCUT2D eigenvalue weighted by molar-refractivity contribution is 5.97. The number of esters is 3. The van der Waals surface area contributed by atoms with E-state index >= 15 is 0 Å². The monoisotopic (exact) mass is 528 g/mol. The molecule has 0 spiro atoms. The maximum atomic E-state index is 13.4. The van der Waals surface area contributed by atoms with E-state index in [1.54, 1.807) is 54.6 Å². The third-order valence-electron chi connectivity index (χ3n) is 5.82. The van der Waals surface area contributed by atoms with Crippen LogP contribution >= 0.6 is 0 Å². The van der Waals surface area contributed by atoms with E-state index in [2.05, 4.69) is 20.1 Å². The van der Waals surface area contributed by atoms with Gasteiger partial charge in [-0.3, -0.25) is 14.4 Å². The highest BCUT2D eigenvalue weighted by Gasteiger charge is 2.43. The summed E-state index contributed by atoms with van der Waals surface area (Å²) in [5.41, 5.74) is 1.48. The maximum absolute atomic E-state index is 13.4. The Balaban J connectivity index is 2.26. The van der Waals surface area contributed by atoms with Gasteiger partial charge in [-0.05, 0) is 11.1 Å². The van der Waals surface area contributed by atoms with Crippen LogP contribution in [0.1, 0.15) is 18.1 Å². The van der Waals surface area contributed by atoms with Gasteiger partial charge in [0.2, 0.25) is 5.91 Å². The molecule has 0 aliphatic heterocycles. The lowest BCUT2D eigenvalue weighted by molar-refractivity contribution is -0.163. The van der Waals surface area contributed by atoms with Gasteiger partial charge in [-0.1, -0.05) is 67.6 Å². The fourth-order valence-electron chi connectivity index (χ4n) is 3.72. The minimum Gasteiger partial charge on any atom is -0.468 e. The van der Waals surface area contributed by atoms with Gasteiger partial charge in [0.25, 0.3) is 0 Å². The summed E-state index contributed by atoms with van der Waals surface area (Å²) in [5, 5.41) is 5.03. The number of hydrogen-bond donors (Lipinski definition) is 2. The van der Waals surface area contributed by atoms with E-state index in [1.165, 1.54) is 6.92 Å². The first-order valence-electron chi connectivity index (χ1n) is 11.8. The molecule has 11 nitrogen and oxygen atoms in total. The van der Waals surface area contributed by atoms with Crippen molar-refractivity contribution in [2.45, 2.75) is 32.0 Å². The molecule has 0 aromatic heterocycles. The maximum Gasteiger partial charge on any atom is 0.408 e. The van der Waals surface area contributed by atoms with Gasteiger partial charge in [-0.15, -0.1) is 0 Å². The van der Waals surface area contributed by atoms with Gasteiger partial charge in [-0.25, -0.2) is 9.59 Å². The van der Waals surface area contributed by atoms with Crippen molar-refractivity contribution < 1.29 is 42.9 Å². The average Bonchev–Trinajstić information content (AvgIpc) is 2.94. The molecule has 0 unspecified atom stereocenters. The first-order valence-corrected chi connectivity index (χ1v) is 11.8. The van der Waals surface area contributed by atoms with E-state index < -0.39 is 53.8 Å². The zero-order valence-electron chi connectivity index (χ0n) is 21.7. The number of hydrogen-bond acceptors (Lipinski definition) is 9. The summed E-state index contributed by atoms with van der Waals surface area (Å²) in [6, 6.07) is 15.2. The van der Waals surface area contributed by atoms with Crippen LogP contribution in [0.5, 0.6) is 0 Å². The molecular formula is C27H32N2O9. The Bertz CT molecular complexity index is 1080. The summed E-state index contributed by atoms with van der Waals surface area (Å²) in [5.74, 6) is -6.21. The van der Waals surface area contributed by atoms with Crippen molar-refractivity contribution in [3.05, 3.63) is 71.8 Å². The Hall–Kier alpha value is -4.41. The second kappa shape index (κ2) is 15.0. The number of alkyl carbamates (subject to hydrolysis) is 1. The fourth-order valence-corrected chi connectivity index (χ4v) is 3.72. The largest absolute Gasteiger partial charge is 0.468 e. The standard InChI is InChI=1S/C27H32N2O9/c1-17(21(24(31)35-2)25(32)36-3)22(26(33)37-4)29-23(30)20(15-18-11-7-5-8-12-18)28-27(34)38-16-19-13-9-6-10-14-19/h5-14,17,20-22H,15-16H2,1-4H3,(H,28,34)(H,29,30)/t17-,20+,22-/m1/s1. The van der Waals surface area contributed by atoms with E-state index in [9.17, 15) is 24.0 Å². The van der Waals surface area contributed by atoms with Crippen LogP contribution in [0.25, 0.3) is 0 Å². The van der Waals surface area contributed by atoms with Crippen LogP contribution in [0, 0.1) is 11.8 Å². The van der Waals surface area contributed by atoms with E-state index in [1.807, 2.05) is 6.07 Å². The predicted octanol–water partition coefficient (Wildman–Crippen LogP) is 1.78. The Morgan fingerprint density at radius 2 is 1.21 bits per heavy atom. The third-order valence-corrected chi connectivity index (χ3v) is 5.82. The molecule has 2 N–H and O–H groups in total. The SMILES string of the molecule is COC(=O)C(C(=O)OC)[C@@H](C)[C@@H](NC(=O)[C@H](Cc1ccccc1)NC(=O)OCc1ccccc1)C(=O)OC. The minimum absolute atomic E-state index is 0.0197. The van der Waals surface area contributed by atoms with Crippen molar-refractivity contribution in [3.63, 3.8) is 0 Å². The fraction of sp³-hybridized carbons (Fsp3) is 0.370. The summed E-state index contributed by atoms with van der Waals surface area (Å²) in [6.07, 6.45) is -0.790. The number of rotatable bonds is 12. The van der Waals surface area contributed by atoms with E-state index in [4.69, 9.17) is 9.47 Å². The van der Waals surface area contributed by atoms with Crippen LogP contribution < -0.4 is 10.6 Å². The van der Waals surface area contributed by atoms with Crippen LogP contribution in [0.15, 0.2) is 60.7 Å². The molecule has 204 valence electrons. The van der Waals surface area contributed by atoms with Crippen molar-refractivity contribution in [1.29, 1.82) is 0 Å². The first kappa shape index (κ1) is 29.8. The second-order valence-electron chi connectivity index (χ2n) is 8.34. The highest BCUT2D eigenvalue weighted by Crippen LogP contribution is 2.21. The molecule has 11 heteroatoms. The van der Waals surface area contributed by atoms with Gasteiger partial charge in [0.15, 0.2) is 5.92 Å².